The summed E-state index contributed by atoms with van der Waals surface area (Å²) in [6.45, 7) is 0. The molecule has 14 heteroatoms. The Balaban J connectivity index is 2.29. The van der Waals surface area contributed by atoms with E-state index in [2.05, 4.69) is 10.6 Å². The van der Waals surface area contributed by atoms with Crippen molar-refractivity contribution < 1.29 is 24.5 Å². The van der Waals surface area contributed by atoms with E-state index >= 15 is 0 Å². The second kappa shape index (κ2) is 9.35. The van der Waals surface area contributed by atoms with E-state index in [0.29, 0.717) is 7.14 Å². The Morgan fingerprint density at radius 2 is 1.55 bits per heavy atom. The van der Waals surface area contributed by atoms with Gasteiger partial charge in [-0.2, -0.15) is 0 Å². The van der Waals surface area contributed by atoms with Crippen LogP contribution < -0.4 is 10.6 Å². The number of hydrogen-bond donors (Lipinski definition) is 3. The zero-order valence-electron chi connectivity index (χ0n) is 13.8. The molecule has 3 N–H and O–H groups in total. The minimum absolute atomic E-state index is 0.0797. The van der Waals surface area contributed by atoms with Gasteiger partial charge in [0.25, 0.3) is 17.3 Å². The Kier molecular flexibility index (Phi) is 7.36. The van der Waals surface area contributed by atoms with E-state index in [9.17, 15) is 34.9 Å². The number of carboxylic acids is 1. The molecule has 2 aromatic rings. The Bertz CT molecular complexity index is 1040. The highest BCUT2D eigenvalue weighted by molar-refractivity contribution is 14.1. The monoisotopic (exact) mass is 642 g/mol. The van der Waals surface area contributed by atoms with Gasteiger partial charge in [-0.05, 0) is 69.5 Å². The van der Waals surface area contributed by atoms with Gasteiger partial charge in [0.2, 0.25) is 0 Å². The number of nitrogens with zero attached hydrogens (tertiary/aromatic N) is 2. The lowest BCUT2D eigenvalue weighted by atomic mass is 10.1. The number of hydrogen-bond acceptors (Lipinski definition) is 7. The van der Waals surface area contributed by atoms with Crippen LogP contribution in [0.3, 0.4) is 0 Å². The summed E-state index contributed by atoms with van der Waals surface area (Å²) in [4.78, 5) is 43.9. The Morgan fingerprint density at radius 3 is 2.03 bits per heavy atom. The molecule has 0 unspecified atom stereocenters. The predicted octanol–water partition coefficient (Wildman–Crippen LogP) is 3.54. The summed E-state index contributed by atoms with van der Waals surface area (Å²) in [5.41, 5.74) is -1.56. The molecule has 0 aliphatic carbocycles. The van der Waals surface area contributed by atoms with E-state index in [1.165, 1.54) is 6.07 Å². The highest BCUT2D eigenvalue weighted by Gasteiger charge is 2.21. The van der Waals surface area contributed by atoms with Crippen molar-refractivity contribution in [2.24, 2.45) is 0 Å². The van der Waals surface area contributed by atoms with Gasteiger partial charge in [-0.1, -0.05) is 0 Å². The van der Waals surface area contributed by atoms with Gasteiger partial charge in [0, 0.05) is 19.3 Å². The van der Waals surface area contributed by atoms with Crippen molar-refractivity contribution in [3.63, 3.8) is 0 Å². The first-order valence-corrected chi connectivity index (χ1v) is 9.84. The van der Waals surface area contributed by atoms with Crippen molar-refractivity contribution >= 4 is 91.5 Å². The largest absolute Gasteiger partial charge is 0.478 e. The molecule has 2 aromatic carbocycles. The van der Waals surface area contributed by atoms with E-state index in [4.69, 9.17) is 12.2 Å². The quantitative estimate of drug-likeness (QED) is 0.192. The van der Waals surface area contributed by atoms with Gasteiger partial charge in [-0.25, -0.2) is 4.79 Å². The third-order valence-electron chi connectivity index (χ3n) is 3.34. The molecule has 150 valence electrons. The maximum Gasteiger partial charge on any atom is 0.337 e. The first kappa shape index (κ1) is 22.8. The fourth-order valence-electron chi connectivity index (χ4n) is 2.13. The summed E-state index contributed by atoms with van der Waals surface area (Å²) in [6, 6.07) is 5.54. The molecule has 0 heterocycles. The molecule has 0 atom stereocenters. The molecule has 0 bridgehead atoms. The number of thiocarbonyl (C=S) groups is 1. The number of amides is 1. The summed E-state index contributed by atoms with van der Waals surface area (Å²) >= 11 is 8.85. The number of carbonyl (C=O) groups excluding carboxylic acids is 1. The average molecular weight is 642 g/mol. The number of nitro benzene ring substituents is 2. The molecule has 0 aromatic heterocycles. The van der Waals surface area contributed by atoms with Crippen molar-refractivity contribution in [3.05, 3.63) is 68.8 Å². The second-order valence-corrected chi connectivity index (χ2v) is 8.09. The van der Waals surface area contributed by atoms with Crippen molar-refractivity contribution in [1.29, 1.82) is 0 Å². The van der Waals surface area contributed by atoms with Crippen LogP contribution in [-0.4, -0.2) is 31.9 Å². The molecule has 0 radical (unpaired) electrons. The first-order valence-electron chi connectivity index (χ1n) is 7.28. The van der Waals surface area contributed by atoms with Gasteiger partial charge < -0.3 is 10.4 Å². The molecule has 29 heavy (non-hydrogen) atoms. The highest BCUT2D eigenvalue weighted by atomic mass is 127. The molecule has 0 spiro atoms. The topological polar surface area (TPSA) is 165 Å². The molecule has 0 saturated heterocycles. The van der Waals surface area contributed by atoms with Crippen LogP contribution in [0.15, 0.2) is 30.3 Å². The predicted molar refractivity (Wildman–Crippen MR) is 122 cm³/mol. The van der Waals surface area contributed by atoms with E-state index in [1.807, 2.05) is 45.2 Å². The number of anilines is 1. The zero-order valence-corrected chi connectivity index (χ0v) is 19.0. The highest BCUT2D eigenvalue weighted by Crippen LogP contribution is 2.26. The smallest absolute Gasteiger partial charge is 0.337 e. The summed E-state index contributed by atoms with van der Waals surface area (Å²) in [7, 11) is 0. The van der Waals surface area contributed by atoms with Crippen LogP contribution in [0.25, 0.3) is 0 Å². The molecular weight excluding hydrogens is 634 g/mol. The fourth-order valence-corrected chi connectivity index (χ4v) is 4.30. The number of benzene rings is 2. The number of carboxylic acid groups (broad SMARTS) is 1. The number of nitro groups is 2. The second-order valence-electron chi connectivity index (χ2n) is 5.28. The third kappa shape index (κ3) is 5.76. The van der Waals surface area contributed by atoms with Crippen molar-refractivity contribution in [1.82, 2.24) is 5.32 Å². The van der Waals surface area contributed by atoms with Crippen LogP contribution in [0.2, 0.25) is 0 Å². The summed E-state index contributed by atoms with van der Waals surface area (Å²) in [6.07, 6.45) is 0. The minimum Gasteiger partial charge on any atom is -0.478 e. The molecule has 0 aliphatic rings. The van der Waals surface area contributed by atoms with Crippen molar-refractivity contribution in [3.8, 4) is 0 Å². The molecule has 0 fully saturated rings. The van der Waals surface area contributed by atoms with Gasteiger partial charge in [-0.15, -0.1) is 0 Å². The maximum atomic E-state index is 12.3. The van der Waals surface area contributed by atoms with Crippen LogP contribution in [0.1, 0.15) is 20.7 Å². The first-order chi connectivity index (χ1) is 13.5. The van der Waals surface area contributed by atoms with Crippen molar-refractivity contribution in [2.75, 3.05) is 5.32 Å². The van der Waals surface area contributed by atoms with Crippen LogP contribution in [0.4, 0.5) is 17.1 Å². The van der Waals surface area contributed by atoms with E-state index in [0.717, 1.165) is 18.2 Å². The summed E-state index contributed by atoms with van der Waals surface area (Å²) in [5, 5.41) is 35.8. The van der Waals surface area contributed by atoms with Crippen molar-refractivity contribution in [2.45, 2.75) is 0 Å². The SMILES string of the molecule is O=C(NC(=S)Nc1c(I)cc(I)cc1C(=O)O)c1cc([N+](=O)[O-])cc([N+](=O)[O-])c1. The normalized spacial score (nSPS) is 10.1. The molecule has 2 rings (SSSR count). The number of halogens is 2. The number of non-ortho nitro benzene ring substituents is 2. The Labute approximate surface area is 194 Å². The van der Waals surface area contributed by atoms with E-state index in [1.54, 1.807) is 6.07 Å². The average Bonchev–Trinajstić information content (AvgIpc) is 2.62. The third-order valence-corrected chi connectivity index (χ3v) is 5.02. The summed E-state index contributed by atoms with van der Waals surface area (Å²) in [5.74, 6) is -2.15. The van der Waals surface area contributed by atoms with Crippen LogP contribution in [0.5, 0.6) is 0 Å². The van der Waals surface area contributed by atoms with Gasteiger partial charge in [0.1, 0.15) is 0 Å². The lowest BCUT2D eigenvalue weighted by Crippen LogP contribution is -2.34. The zero-order chi connectivity index (χ0) is 21.9. The lowest BCUT2D eigenvalue weighted by molar-refractivity contribution is -0.394. The van der Waals surface area contributed by atoms with Crippen LogP contribution >= 0.6 is 57.4 Å². The van der Waals surface area contributed by atoms with Crippen LogP contribution in [-0.2, 0) is 0 Å². The van der Waals surface area contributed by atoms with Gasteiger partial charge in [0.05, 0.1) is 32.7 Å². The van der Waals surface area contributed by atoms with Gasteiger partial charge in [-0.3, -0.25) is 30.3 Å². The Morgan fingerprint density at radius 1 is 1.00 bits per heavy atom. The van der Waals surface area contributed by atoms with E-state index in [-0.39, 0.29) is 21.9 Å². The lowest BCUT2D eigenvalue weighted by Gasteiger charge is -2.14. The fraction of sp³-hybridized carbons (Fsp3) is 0. The molecule has 0 aliphatic heterocycles. The number of rotatable bonds is 5. The standard InChI is InChI=1S/C15H8I2N4O7S/c16-7-3-10(14(23)24)12(11(17)4-7)18-15(29)19-13(22)6-1-8(20(25)26)5-9(2-6)21(27)28/h1-5H,(H,23,24)(H2,18,19,22,29). The number of nitrogens with one attached hydrogen (secondary N) is 2. The number of aromatic carboxylic acids is 1. The van der Waals surface area contributed by atoms with Gasteiger partial charge >= 0.3 is 5.97 Å². The summed E-state index contributed by atoms with van der Waals surface area (Å²) < 4.78 is 1.20. The van der Waals surface area contributed by atoms with E-state index < -0.39 is 33.1 Å². The molecule has 0 saturated carbocycles. The maximum absolute atomic E-state index is 12.3. The molecular formula is C15H8I2N4O7S. The number of carbonyl (C=O) groups is 2. The molecule has 11 nitrogen and oxygen atoms in total. The minimum atomic E-state index is -1.22. The van der Waals surface area contributed by atoms with Gasteiger partial charge in [0.15, 0.2) is 5.11 Å². The molecule has 1 amide bonds. The van der Waals surface area contributed by atoms with Crippen LogP contribution in [0, 0.1) is 27.4 Å². The Hall–Kier alpha value is -2.47.